The fraction of sp³-hybridized carbons (Fsp3) is 0.647. The summed E-state index contributed by atoms with van der Waals surface area (Å²) in [5, 5.41) is 10.2. The molecule has 2 nitrogen and oxygen atoms in total. The van der Waals surface area contributed by atoms with Crippen LogP contribution in [0.4, 0.5) is 0 Å². The highest BCUT2D eigenvalue weighted by Crippen LogP contribution is 2.17. The lowest BCUT2D eigenvalue weighted by Gasteiger charge is -2.26. The van der Waals surface area contributed by atoms with Crippen LogP contribution in [0.5, 0.6) is 0 Å². The zero-order chi connectivity index (χ0) is 14.1. The van der Waals surface area contributed by atoms with Crippen LogP contribution in [-0.2, 0) is 0 Å². The number of aliphatic hydroxyl groups is 1. The summed E-state index contributed by atoms with van der Waals surface area (Å²) in [7, 11) is 0. The van der Waals surface area contributed by atoms with Gasteiger partial charge in [0.1, 0.15) is 0 Å². The third-order valence-corrected chi connectivity index (χ3v) is 4.02. The van der Waals surface area contributed by atoms with Crippen molar-refractivity contribution in [3.63, 3.8) is 0 Å². The summed E-state index contributed by atoms with van der Waals surface area (Å²) >= 11 is 0. The zero-order valence-electron chi connectivity index (χ0n) is 12.7. The van der Waals surface area contributed by atoms with Gasteiger partial charge in [0.25, 0.3) is 0 Å². The SMILES string of the molecule is CCC(CC)CN(CC)CCC(O)c1ccccc1. The van der Waals surface area contributed by atoms with Gasteiger partial charge in [-0.3, -0.25) is 0 Å². The standard InChI is InChI=1S/C17H29NO/c1-4-15(5-2)14-18(6-3)13-12-17(19)16-10-8-7-9-11-16/h7-11,15,17,19H,4-6,12-14H2,1-3H3. The van der Waals surface area contributed by atoms with Gasteiger partial charge in [0.2, 0.25) is 0 Å². The summed E-state index contributed by atoms with van der Waals surface area (Å²) in [6.45, 7) is 9.94. The van der Waals surface area contributed by atoms with Crippen LogP contribution in [0.25, 0.3) is 0 Å². The molecule has 1 rings (SSSR count). The van der Waals surface area contributed by atoms with E-state index in [1.165, 1.54) is 12.8 Å². The average Bonchev–Trinajstić information content (AvgIpc) is 2.48. The van der Waals surface area contributed by atoms with E-state index >= 15 is 0 Å². The van der Waals surface area contributed by atoms with E-state index in [9.17, 15) is 5.11 Å². The lowest BCUT2D eigenvalue weighted by atomic mass is 10.0. The van der Waals surface area contributed by atoms with E-state index in [-0.39, 0.29) is 6.10 Å². The molecule has 1 aromatic rings. The van der Waals surface area contributed by atoms with E-state index in [2.05, 4.69) is 25.7 Å². The maximum absolute atomic E-state index is 10.2. The molecular formula is C17H29NO. The Morgan fingerprint density at radius 2 is 1.68 bits per heavy atom. The van der Waals surface area contributed by atoms with Crippen LogP contribution in [0.3, 0.4) is 0 Å². The number of rotatable bonds is 9. The van der Waals surface area contributed by atoms with Gasteiger partial charge in [-0.15, -0.1) is 0 Å². The molecule has 0 radical (unpaired) electrons. The van der Waals surface area contributed by atoms with E-state index in [4.69, 9.17) is 0 Å². The third-order valence-electron chi connectivity index (χ3n) is 4.02. The lowest BCUT2D eigenvalue weighted by Crippen LogP contribution is -2.31. The van der Waals surface area contributed by atoms with E-state index in [0.29, 0.717) is 0 Å². The molecule has 0 saturated carbocycles. The Kier molecular flexibility index (Phi) is 7.76. The fourth-order valence-electron chi connectivity index (χ4n) is 2.44. The quantitative estimate of drug-likeness (QED) is 0.731. The fourth-order valence-corrected chi connectivity index (χ4v) is 2.44. The molecule has 0 aromatic heterocycles. The Balaban J connectivity index is 2.40. The molecule has 0 saturated heterocycles. The molecule has 2 heteroatoms. The van der Waals surface area contributed by atoms with E-state index in [0.717, 1.165) is 37.5 Å². The van der Waals surface area contributed by atoms with Crippen LogP contribution in [0.15, 0.2) is 30.3 Å². The highest BCUT2D eigenvalue weighted by Gasteiger charge is 2.12. The Morgan fingerprint density at radius 3 is 2.21 bits per heavy atom. The minimum Gasteiger partial charge on any atom is -0.388 e. The van der Waals surface area contributed by atoms with Crippen molar-refractivity contribution in [1.82, 2.24) is 4.90 Å². The van der Waals surface area contributed by atoms with Crippen molar-refractivity contribution < 1.29 is 5.11 Å². The predicted octanol–water partition coefficient (Wildman–Crippen LogP) is 3.87. The van der Waals surface area contributed by atoms with Crippen molar-refractivity contribution in [1.29, 1.82) is 0 Å². The van der Waals surface area contributed by atoms with Crippen LogP contribution in [0, 0.1) is 5.92 Å². The van der Waals surface area contributed by atoms with Crippen LogP contribution >= 0.6 is 0 Å². The minimum absolute atomic E-state index is 0.336. The Morgan fingerprint density at radius 1 is 1.05 bits per heavy atom. The van der Waals surface area contributed by atoms with Gasteiger partial charge < -0.3 is 10.0 Å². The molecule has 108 valence electrons. The minimum atomic E-state index is -0.336. The molecule has 19 heavy (non-hydrogen) atoms. The Labute approximate surface area is 118 Å². The smallest absolute Gasteiger partial charge is 0.0802 e. The highest BCUT2D eigenvalue weighted by molar-refractivity contribution is 5.17. The van der Waals surface area contributed by atoms with E-state index < -0.39 is 0 Å². The molecule has 0 aliphatic carbocycles. The first-order valence-electron chi connectivity index (χ1n) is 7.66. The van der Waals surface area contributed by atoms with Gasteiger partial charge in [-0.25, -0.2) is 0 Å². The van der Waals surface area contributed by atoms with Crippen molar-refractivity contribution in [3.05, 3.63) is 35.9 Å². The largest absolute Gasteiger partial charge is 0.388 e. The van der Waals surface area contributed by atoms with Gasteiger partial charge in [0.15, 0.2) is 0 Å². The van der Waals surface area contributed by atoms with Gasteiger partial charge in [0, 0.05) is 13.1 Å². The summed E-state index contributed by atoms with van der Waals surface area (Å²) in [5.41, 5.74) is 1.03. The molecule has 0 aliphatic rings. The first-order chi connectivity index (χ1) is 9.21. The number of hydrogen-bond acceptors (Lipinski definition) is 2. The third kappa shape index (κ3) is 5.75. The normalized spacial score (nSPS) is 13.2. The summed E-state index contributed by atoms with van der Waals surface area (Å²) in [5.74, 6) is 0.786. The van der Waals surface area contributed by atoms with Crippen LogP contribution in [-0.4, -0.2) is 29.6 Å². The Bertz CT molecular complexity index is 321. The van der Waals surface area contributed by atoms with Gasteiger partial charge in [-0.05, 0) is 24.4 Å². The summed E-state index contributed by atoms with van der Waals surface area (Å²) in [6, 6.07) is 9.96. The Hall–Kier alpha value is -0.860. The molecule has 0 fully saturated rings. The van der Waals surface area contributed by atoms with Crippen LogP contribution in [0.1, 0.15) is 51.7 Å². The van der Waals surface area contributed by atoms with Crippen molar-refractivity contribution in [3.8, 4) is 0 Å². The number of nitrogens with zero attached hydrogens (tertiary/aromatic N) is 1. The lowest BCUT2D eigenvalue weighted by molar-refractivity contribution is 0.136. The summed E-state index contributed by atoms with van der Waals surface area (Å²) in [6.07, 6.45) is 2.97. The zero-order valence-corrected chi connectivity index (χ0v) is 12.7. The molecule has 0 aliphatic heterocycles. The summed E-state index contributed by atoms with van der Waals surface area (Å²) < 4.78 is 0. The number of hydrogen-bond donors (Lipinski definition) is 1. The van der Waals surface area contributed by atoms with Crippen LogP contribution in [0.2, 0.25) is 0 Å². The average molecular weight is 263 g/mol. The van der Waals surface area contributed by atoms with E-state index in [1.54, 1.807) is 0 Å². The molecule has 1 unspecified atom stereocenters. The highest BCUT2D eigenvalue weighted by atomic mass is 16.3. The predicted molar refractivity (Wildman–Crippen MR) is 82.2 cm³/mol. The second kappa shape index (κ2) is 9.11. The summed E-state index contributed by atoms with van der Waals surface area (Å²) in [4.78, 5) is 2.46. The van der Waals surface area contributed by atoms with Crippen molar-refractivity contribution in [2.75, 3.05) is 19.6 Å². The molecule has 0 spiro atoms. The number of aliphatic hydroxyl groups excluding tert-OH is 1. The second-order valence-corrected chi connectivity index (χ2v) is 5.29. The van der Waals surface area contributed by atoms with Gasteiger partial charge >= 0.3 is 0 Å². The first kappa shape index (κ1) is 16.2. The van der Waals surface area contributed by atoms with Gasteiger partial charge in [-0.1, -0.05) is 63.9 Å². The van der Waals surface area contributed by atoms with Crippen molar-refractivity contribution >= 4 is 0 Å². The van der Waals surface area contributed by atoms with Crippen molar-refractivity contribution in [2.45, 2.75) is 46.1 Å². The molecule has 1 atom stereocenters. The molecule has 0 bridgehead atoms. The first-order valence-corrected chi connectivity index (χ1v) is 7.66. The molecular weight excluding hydrogens is 234 g/mol. The molecule has 0 amide bonds. The second-order valence-electron chi connectivity index (χ2n) is 5.29. The molecule has 1 N–H and O–H groups in total. The maximum atomic E-state index is 10.2. The maximum Gasteiger partial charge on any atom is 0.0802 e. The van der Waals surface area contributed by atoms with Gasteiger partial charge in [0.05, 0.1) is 6.10 Å². The van der Waals surface area contributed by atoms with Crippen molar-refractivity contribution in [2.24, 2.45) is 5.92 Å². The molecule has 1 aromatic carbocycles. The topological polar surface area (TPSA) is 23.5 Å². The van der Waals surface area contributed by atoms with E-state index in [1.807, 2.05) is 30.3 Å². The molecule has 0 heterocycles. The van der Waals surface area contributed by atoms with Gasteiger partial charge in [-0.2, -0.15) is 0 Å². The van der Waals surface area contributed by atoms with Crippen LogP contribution < -0.4 is 0 Å². The number of benzene rings is 1. The monoisotopic (exact) mass is 263 g/mol.